The number of ether oxygens (including phenoxy) is 1. The van der Waals surface area contributed by atoms with E-state index in [1.807, 2.05) is 0 Å². The van der Waals surface area contributed by atoms with Gasteiger partial charge in [0, 0.05) is 0 Å². The molecule has 0 spiro atoms. The van der Waals surface area contributed by atoms with Gasteiger partial charge in [-0.05, 0) is 34.7 Å². The van der Waals surface area contributed by atoms with Crippen molar-refractivity contribution in [1.82, 2.24) is 9.97 Å². The van der Waals surface area contributed by atoms with Crippen LogP contribution in [0, 0.1) is 5.92 Å². The number of nitrogens with zero attached hydrogens (tertiary/aromatic N) is 2. The lowest BCUT2D eigenvalue weighted by Gasteiger charge is -2.02. The number of rotatable bonds is 3. The Morgan fingerprint density at radius 3 is 3.00 bits per heavy atom. The third kappa shape index (κ3) is 2.17. The van der Waals surface area contributed by atoms with Crippen LogP contribution in [0.5, 0.6) is 5.88 Å². The third-order valence-electron chi connectivity index (χ3n) is 1.75. The minimum Gasteiger partial charge on any atom is -0.476 e. The SMILES string of the molecule is Brc1cncc(OCC2CC2)n1. The van der Waals surface area contributed by atoms with Gasteiger partial charge in [-0.2, -0.15) is 0 Å². The van der Waals surface area contributed by atoms with Crippen molar-refractivity contribution in [2.75, 3.05) is 6.61 Å². The van der Waals surface area contributed by atoms with Gasteiger partial charge in [0.05, 0.1) is 19.0 Å². The van der Waals surface area contributed by atoms with E-state index >= 15 is 0 Å². The maximum Gasteiger partial charge on any atom is 0.233 e. The molecule has 0 amide bonds. The van der Waals surface area contributed by atoms with Gasteiger partial charge in [-0.1, -0.05) is 0 Å². The molecule has 0 unspecified atom stereocenters. The van der Waals surface area contributed by atoms with E-state index in [1.165, 1.54) is 12.8 Å². The Balaban J connectivity index is 1.92. The second-order valence-corrected chi connectivity index (χ2v) is 3.75. The largest absolute Gasteiger partial charge is 0.476 e. The van der Waals surface area contributed by atoms with Crippen LogP contribution in [0.3, 0.4) is 0 Å². The first-order valence-electron chi connectivity index (χ1n) is 3.95. The Labute approximate surface area is 79.3 Å². The van der Waals surface area contributed by atoms with E-state index in [9.17, 15) is 0 Å². The van der Waals surface area contributed by atoms with Crippen LogP contribution in [0.1, 0.15) is 12.8 Å². The Bertz CT molecular complexity index is 276. The van der Waals surface area contributed by atoms with Crippen LogP contribution < -0.4 is 4.74 Å². The highest BCUT2D eigenvalue weighted by atomic mass is 79.9. The van der Waals surface area contributed by atoms with E-state index in [4.69, 9.17) is 4.74 Å². The van der Waals surface area contributed by atoms with Gasteiger partial charge in [0.15, 0.2) is 0 Å². The van der Waals surface area contributed by atoms with Gasteiger partial charge in [0.1, 0.15) is 4.60 Å². The smallest absolute Gasteiger partial charge is 0.233 e. The standard InChI is InChI=1S/C8H9BrN2O/c9-7-3-10-4-8(11-7)12-5-6-1-2-6/h3-4,6H,1-2,5H2. The van der Waals surface area contributed by atoms with E-state index in [1.54, 1.807) is 12.4 Å². The molecule has 3 nitrogen and oxygen atoms in total. The lowest BCUT2D eigenvalue weighted by molar-refractivity contribution is 0.286. The fraction of sp³-hybridized carbons (Fsp3) is 0.500. The summed E-state index contributed by atoms with van der Waals surface area (Å²) in [7, 11) is 0. The molecule has 4 heteroatoms. The molecule has 2 rings (SSSR count). The minimum absolute atomic E-state index is 0.608. The average Bonchev–Trinajstić information content (AvgIpc) is 2.84. The summed E-state index contributed by atoms with van der Waals surface area (Å²) in [5.41, 5.74) is 0. The van der Waals surface area contributed by atoms with Crippen LogP contribution in [-0.4, -0.2) is 16.6 Å². The van der Waals surface area contributed by atoms with E-state index in [0.29, 0.717) is 5.88 Å². The molecular formula is C8H9BrN2O. The van der Waals surface area contributed by atoms with Crippen molar-refractivity contribution in [2.45, 2.75) is 12.8 Å². The monoisotopic (exact) mass is 228 g/mol. The molecule has 1 fully saturated rings. The molecular weight excluding hydrogens is 220 g/mol. The van der Waals surface area contributed by atoms with Crippen LogP contribution >= 0.6 is 15.9 Å². The number of halogens is 1. The Hall–Kier alpha value is -0.640. The van der Waals surface area contributed by atoms with E-state index in [0.717, 1.165) is 17.1 Å². The fourth-order valence-corrected chi connectivity index (χ4v) is 1.18. The molecule has 0 aromatic carbocycles. The maximum atomic E-state index is 5.41. The first kappa shape index (κ1) is 7.98. The van der Waals surface area contributed by atoms with Gasteiger partial charge in [-0.3, -0.25) is 4.98 Å². The van der Waals surface area contributed by atoms with Crippen LogP contribution in [0.25, 0.3) is 0 Å². The fourth-order valence-electron chi connectivity index (χ4n) is 0.883. The predicted octanol–water partition coefficient (Wildman–Crippen LogP) is 2.03. The summed E-state index contributed by atoms with van der Waals surface area (Å²) in [5, 5.41) is 0. The summed E-state index contributed by atoms with van der Waals surface area (Å²) < 4.78 is 6.13. The molecule has 1 aromatic rings. The molecule has 0 atom stereocenters. The second-order valence-electron chi connectivity index (χ2n) is 2.93. The van der Waals surface area contributed by atoms with Crippen molar-refractivity contribution in [3.05, 3.63) is 17.0 Å². The zero-order valence-corrected chi connectivity index (χ0v) is 8.12. The summed E-state index contributed by atoms with van der Waals surface area (Å²) in [6, 6.07) is 0. The molecule has 1 saturated carbocycles. The molecule has 0 bridgehead atoms. The van der Waals surface area contributed by atoms with Crippen LogP contribution in [-0.2, 0) is 0 Å². The number of hydrogen-bond donors (Lipinski definition) is 0. The van der Waals surface area contributed by atoms with Crippen molar-refractivity contribution in [3.8, 4) is 5.88 Å². The van der Waals surface area contributed by atoms with E-state index < -0.39 is 0 Å². The first-order valence-corrected chi connectivity index (χ1v) is 4.74. The lowest BCUT2D eigenvalue weighted by Crippen LogP contribution is -2.00. The Morgan fingerprint density at radius 2 is 2.33 bits per heavy atom. The molecule has 12 heavy (non-hydrogen) atoms. The average molecular weight is 229 g/mol. The van der Waals surface area contributed by atoms with Gasteiger partial charge in [0.25, 0.3) is 0 Å². The van der Waals surface area contributed by atoms with Crippen LogP contribution in [0.15, 0.2) is 17.0 Å². The van der Waals surface area contributed by atoms with Gasteiger partial charge < -0.3 is 4.74 Å². The van der Waals surface area contributed by atoms with Crippen molar-refractivity contribution in [3.63, 3.8) is 0 Å². The lowest BCUT2D eigenvalue weighted by atomic mass is 10.5. The first-order chi connectivity index (χ1) is 5.84. The summed E-state index contributed by atoms with van der Waals surface area (Å²) in [6.45, 7) is 0.783. The van der Waals surface area contributed by atoms with E-state index in [-0.39, 0.29) is 0 Å². The normalized spacial score (nSPS) is 16.1. The molecule has 0 saturated heterocycles. The van der Waals surface area contributed by atoms with Gasteiger partial charge in [-0.15, -0.1) is 0 Å². The summed E-state index contributed by atoms with van der Waals surface area (Å²) >= 11 is 3.23. The quantitative estimate of drug-likeness (QED) is 0.795. The number of aromatic nitrogens is 2. The van der Waals surface area contributed by atoms with Crippen molar-refractivity contribution < 1.29 is 4.74 Å². The van der Waals surface area contributed by atoms with Gasteiger partial charge in [-0.25, -0.2) is 4.98 Å². The van der Waals surface area contributed by atoms with Gasteiger partial charge in [0.2, 0.25) is 5.88 Å². The zero-order chi connectivity index (χ0) is 8.39. The zero-order valence-electron chi connectivity index (χ0n) is 6.53. The highest BCUT2D eigenvalue weighted by molar-refractivity contribution is 9.10. The Morgan fingerprint density at radius 1 is 1.50 bits per heavy atom. The molecule has 1 aliphatic carbocycles. The Kier molecular flexibility index (Phi) is 2.26. The molecule has 1 heterocycles. The molecule has 0 N–H and O–H groups in total. The molecule has 1 aliphatic rings. The minimum atomic E-state index is 0.608. The second kappa shape index (κ2) is 3.39. The predicted molar refractivity (Wildman–Crippen MR) is 48.0 cm³/mol. The van der Waals surface area contributed by atoms with Crippen molar-refractivity contribution in [1.29, 1.82) is 0 Å². The number of hydrogen-bond acceptors (Lipinski definition) is 3. The summed E-state index contributed by atoms with van der Waals surface area (Å²) in [4.78, 5) is 8.05. The highest BCUT2D eigenvalue weighted by Gasteiger charge is 2.22. The third-order valence-corrected chi connectivity index (χ3v) is 2.13. The highest BCUT2D eigenvalue weighted by Crippen LogP contribution is 2.29. The van der Waals surface area contributed by atoms with Crippen LogP contribution in [0.2, 0.25) is 0 Å². The molecule has 1 aromatic heterocycles. The topological polar surface area (TPSA) is 35.0 Å². The summed E-state index contributed by atoms with van der Waals surface area (Å²) in [6.07, 6.45) is 5.86. The van der Waals surface area contributed by atoms with Crippen LogP contribution in [0.4, 0.5) is 0 Å². The molecule has 0 radical (unpaired) electrons. The summed E-state index contributed by atoms with van der Waals surface area (Å²) in [5.74, 6) is 1.36. The van der Waals surface area contributed by atoms with Gasteiger partial charge >= 0.3 is 0 Å². The van der Waals surface area contributed by atoms with Crippen molar-refractivity contribution in [2.24, 2.45) is 5.92 Å². The molecule has 64 valence electrons. The molecule has 0 aliphatic heterocycles. The maximum absolute atomic E-state index is 5.41. The van der Waals surface area contributed by atoms with Crippen molar-refractivity contribution >= 4 is 15.9 Å². The van der Waals surface area contributed by atoms with E-state index in [2.05, 4.69) is 25.9 Å².